The van der Waals surface area contributed by atoms with E-state index >= 15 is 0 Å². The Morgan fingerprint density at radius 2 is 1.73 bits per heavy atom. The van der Waals surface area contributed by atoms with Crippen LogP contribution in [0.15, 0.2) is 53.9 Å². The first-order valence-corrected chi connectivity index (χ1v) is 9.64. The number of hydrogen-bond acceptors (Lipinski definition) is 8. The number of hydrogen-bond donors (Lipinski definition) is 1. The van der Waals surface area contributed by atoms with E-state index in [2.05, 4.69) is 10.3 Å². The molecule has 0 aliphatic heterocycles. The van der Waals surface area contributed by atoms with E-state index in [9.17, 15) is 14.4 Å². The molecule has 0 saturated heterocycles. The summed E-state index contributed by atoms with van der Waals surface area (Å²) in [4.78, 5) is 40.6. The Morgan fingerprint density at radius 3 is 2.43 bits per heavy atom. The van der Waals surface area contributed by atoms with Crippen LogP contribution in [0, 0.1) is 0 Å². The molecule has 0 radical (unpaired) electrons. The number of nitrogens with one attached hydrogen (secondary N) is 1. The third kappa shape index (κ3) is 5.00. The number of ether oxygens (including phenoxy) is 3. The molecule has 0 unspecified atom stereocenters. The van der Waals surface area contributed by atoms with Gasteiger partial charge in [0.05, 0.1) is 19.8 Å². The molecule has 0 bridgehead atoms. The Morgan fingerprint density at radius 1 is 1.00 bits per heavy atom. The second kappa shape index (κ2) is 9.66. The van der Waals surface area contributed by atoms with Crippen LogP contribution in [0.1, 0.15) is 20.8 Å². The fourth-order valence-corrected chi connectivity index (χ4v) is 3.30. The quantitative estimate of drug-likeness (QED) is 0.579. The molecule has 3 aromatic rings. The van der Waals surface area contributed by atoms with Crippen LogP contribution in [0.2, 0.25) is 0 Å². The number of rotatable bonds is 7. The lowest BCUT2D eigenvalue weighted by Gasteiger charge is -2.08. The number of methoxy groups -OCH3 is 2. The zero-order valence-electron chi connectivity index (χ0n) is 16.2. The largest absolute Gasteiger partial charge is 0.497 e. The molecule has 9 heteroatoms. The van der Waals surface area contributed by atoms with Gasteiger partial charge >= 0.3 is 5.97 Å². The van der Waals surface area contributed by atoms with Crippen molar-refractivity contribution in [1.29, 1.82) is 0 Å². The highest BCUT2D eigenvalue weighted by Crippen LogP contribution is 2.26. The van der Waals surface area contributed by atoms with Gasteiger partial charge in [0, 0.05) is 10.9 Å². The average Bonchev–Trinajstić information content (AvgIpc) is 3.28. The first-order chi connectivity index (χ1) is 14.5. The molecule has 1 aromatic heterocycles. The lowest BCUT2D eigenvalue weighted by atomic mass is 10.2. The highest BCUT2D eigenvalue weighted by atomic mass is 32.1. The van der Waals surface area contributed by atoms with Gasteiger partial charge in [-0.05, 0) is 36.4 Å². The summed E-state index contributed by atoms with van der Waals surface area (Å²) in [7, 11) is 3.00. The number of aromatic nitrogens is 1. The smallest absolute Gasteiger partial charge is 0.358 e. The van der Waals surface area contributed by atoms with Gasteiger partial charge in [-0.25, -0.2) is 9.78 Å². The Kier molecular flexibility index (Phi) is 6.76. The fraction of sp³-hybridized carbons (Fsp3) is 0.143. The summed E-state index contributed by atoms with van der Waals surface area (Å²) in [5.41, 5.74) is 1.10. The number of amides is 2. The van der Waals surface area contributed by atoms with E-state index in [0.717, 1.165) is 5.56 Å². The molecule has 1 N–H and O–H groups in total. The zero-order valence-corrected chi connectivity index (χ0v) is 17.0. The Balaban J connectivity index is 1.55. The summed E-state index contributed by atoms with van der Waals surface area (Å²) < 4.78 is 15.2. The molecule has 30 heavy (non-hydrogen) atoms. The van der Waals surface area contributed by atoms with E-state index in [4.69, 9.17) is 14.2 Å². The number of benzene rings is 2. The van der Waals surface area contributed by atoms with Crippen LogP contribution in [0.4, 0.5) is 0 Å². The molecule has 1 heterocycles. The van der Waals surface area contributed by atoms with Gasteiger partial charge in [0.15, 0.2) is 12.3 Å². The van der Waals surface area contributed by atoms with Crippen LogP contribution in [-0.2, 0) is 9.53 Å². The highest BCUT2D eigenvalue weighted by Gasteiger charge is 2.18. The predicted octanol–water partition coefficient (Wildman–Crippen LogP) is 2.94. The molecule has 0 aliphatic carbocycles. The standard InChI is InChI=1S/C21H18N2O6S/c1-27-14-9-7-13(8-10-14)20-22-16(12-30-20)21(26)29-11-18(24)23-19(25)15-5-3-4-6-17(15)28-2/h3-10,12H,11H2,1-2H3,(H,23,24,25). The van der Waals surface area contributed by atoms with Crippen molar-refractivity contribution in [1.82, 2.24) is 10.3 Å². The maximum Gasteiger partial charge on any atom is 0.358 e. The topological polar surface area (TPSA) is 104 Å². The molecular formula is C21H18N2O6S. The summed E-state index contributed by atoms with van der Waals surface area (Å²) in [6, 6.07) is 13.7. The minimum atomic E-state index is -0.759. The maximum atomic E-state index is 12.2. The van der Waals surface area contributed by atoms with Crippen molar-refractivity contribution in [3.05, 3.63) is 65.2 Å². The van der Waals surface area contributed by atoms with Gasteiger partial charge in [0.25, 0.3) is 11.8 Å². The maximum absolute atomic E-state index is 12.2. The Labute approximate surface area is 176 Å². The monoisotopic (exact) mass is 426 g/mol. The average molecular weight is 426 g/mol. The van der Waals surface area contributed by atoms with Gasteiger partial charge in [-0.1, -0.05) is 12.1 Å². The summed E-state index contributed by atoms with van der Waals surface area (Å²) in [5, 5.41) is 4.32. The number of para-hydroxylation sites is 1. The second-order valence-corrected chi connectivity index (χ2v) is 6.78. The van der Waals surface area contributed by atoms with Crippen LogP contribution in [0.25, 0.3) is 10.6 Å². The van der Waals surface area contributed by atoms with Gasteiger partial charge < -0.3 is 14.2 Å². The van der Waals surface area contributed by atoms with Crippen molar-refractivity contribution in [2.24, 2.45) is 0 Å². The van der Waals surface area contributed by atoms with Crippen molar-refractivity contribution >= 4 is 29.1 Å². The van der Waals surface area contributed by atoms with Gasteiger partial charge in [-0.2, -0.15) is 0 Å². The molecule has 8 nitrogen and oxygen atoms in total. The minimum absolute atomic E-state index is 0.0784. The number of carbonyl (C=O) groups excluding carboxylic acids is 3. The van der Waals surface area contributed by atoms with Crippen molar-refractivity contribution < 1.29 is 28.6 Å². The van der Waals surface area contributed by atoms with E-state index in [1.54, 1.807) is 42.8 Å². The predicted molar refractivity (Wildman–Crippen MR) is 110 cm³/mol. The number of nitrogens with zero attached hydrogens (tertiary/aromatic N) is 1. The Bertz CT molecular complexity index is 1060. The van der Waals surface area contributed by atoms with Crippen molar-refractivity contribution in [3.8, 4) is 22.1 Å². The summed E-state index contributed by atoms with van der Waals surface area (Å²) in [6.45, 7) is -0.616. The van der Waals surface area contributed by atoms with Gasteiger partial charge in [-0.3, -0.25) is 14.9 Å². The SMILES string of the molecule is COc1ccc(-c2nc(C(=O)OCC(=O)NC(=O)c3ccccc3OC)cs2)cc1. The fourth-order valence-electron chi connectivity index (χ4n) is 2.50. The molecular weight excluding hydrogens is 408 g/mol. The van der Waals surface area contributed by atoms with Crippen LogP contribution in [-0.4, -0.2) is 43.6 Å². The summed E-state index contributed by atoms with van der Waals surface area (Å²) in [5.74, 6) is -1.13. The summed E-state index contributed by atoms with van der Waals surface area (Å²) >= 11 is 1.27. The third-order valence-corrected chi connectivity index (χ3v) is 4.88. The van der Waals surface area contributed by atoms with Crippen molar-refractivity contribution in [2.75, 3.05) is 20.8 Å². The van der Waals surface area contributed by atoms with E-state index in [1.165, 1.54) is 24.5 Å². The lowest BCUT2D eigenvalue weighted by molar-refractivity contribution is -0.123. The van der Waals surface area contributed by atoms with Gasteiger partial charge in [0.2, 0.25) is 0 Å². The molecule has 0 aliphatic rings. The first kappa shape index (κ1) is 21.0. The van der Waals surface area contributed by atoms with Crippen LogP contribution in [0.3, 0.4) is 0 Å². The van der Waals surface area contributed by atoms with E-state index < -0.39 is 24.4 Å². The van der Waals surface area contributed by atoms with Crippen LogP contribution >= 0.6 is 11.3 Å². The summed E-state index contributed by atoms with van der Waals surface area (Å²) in [6.07, 6.45) is 0. The van der Waals surface area contributed by atoms with E-state index in [0.29, 0.717) is 16.5 Å². The van der Waals surface area contributed by atoms with Gasteiger partial charge in [-0.15, -0.1) is 11.3 Å². The normalized spacial score (nSPS) is 10.2. The molecule has 0 spiro atoms. The first-order valence-electron chi connectivity index (χ1n) is 8.76. The number of carbonyl (C=O) groups is 3. The van der Waals surface area contributed by atoms with Gasteiger partial charge in [0.1, 0.15) is 16.5 Å². The van der Waals surface area contributed by atoms with Crippen LogP contribution in [0.5, 0.6) is 11.5 Å². The van der Waals surface area contributed by atoms with Crippen molar-refractivity contribution in [2.45, 2.75) is 0 Å². The molecule has 2 amide bonds. The van der Waals surface area contributed by atoms with Crippen LogP contribution < -0.4 is 14.8 Å². The minimum Gasteiger partial charge on any atom is -0.497 e. The van der Waals surface area contributed by atoms with E-state index in [1.807, 2.05) is 12.1 Å². The molecule has 2 aromatic carbocycles. The van der Waals surface area contributed by atoms with Crippen molar-refractivity contribution in [3.63, 3.8) is 0 Å². The Hall–Kier alpha value is -3.72. The molecule has 0 atom stereocenters. The molecule has 154 valence electrons. The van der Waals surface area contributed by atoms with E-state index in [-0.39, 0.29) is 11.3 Å². The molecule has 3 rings (SSSR count). The highest BCUT2D eigenvalue weighted by molar-refractivity contribution is 7.13. The number of thiazole rings is 1. The third-order valence-electron chi connectivity index (χ3n) is 3.99. The number of imide groups is 1. The molecule has 0 fully saturated rings. The number of esters is 1. The zero-order chi connectivity index (χ0) is 21.5. The second-order valence-electron chi connectivity index (χ2n) is 5.92. The lowest BCUT2D eigenvalue weighted by Crippen LogP contribution is -2.34. The molecule has 0 saturated carbocycles.